The molecule has 4 aromatic rings. The molecule has 4 nitrogen and oxygen atoms in total. The fraction of sp³-hybridized carbons (Fsp3) is 0.0769. The predicted octanol–water partition coefficient (Wildman–Crippen LogP) is 5.26. The molecule has 4 aromatic carbocycles. The Bertz CT molecular complexity index is 1070. The van der Waals surface area contributed by atoms with Gasteiger partial charge in [0.05, 0.1) is 0 Å². The van der Waals surface area contributed by atoms with Crippen molar-refractivity contribution < 1.29 is 18.9 Å². The normalized spacial score (nSPS) is 14.7. The molecule has 5 heteroatoms. The van der Waals surface area contributed by atoms with E-state index in [1.807, 2.05) is 48.5 Å². The Labute approximate surface area is 182 Å². The first-order chi connectivity index (χ1) is 15.3. The topological polar surface area (TPSA) is 36.9 Å². The summed E-state index contributed by atoms with van der Waals surface area (Å²) in [4.78, 5) is 0. The lowest BCUT2D eigenvalue weighted by Crippen LogP contribution is -2.11. The molecule has 0 aromatic heterocycles. The predicted molar refractivity (Wildman–Crippen MR) is 121 cm³/mol. The van der Waals surface area contributed by atoms with Crippen molar-refractivity contribution in [3.05, 3.63) is 108 Å². The van der Waals surface area contributed by atoms with Crippen molar-refractivity contribution in [2.75, 3.05) is 0 Å². The molecular weight excluding hydrogens is 407 g/mol. The van der Waals surface area contributed by atoms with E-state index in [9.17, 15) is 0 Å². The smallest absolute Gasteiger partial charge is 0.267 e. The summed E-state index contributed by atoms with van der Waals surface area (Å²) in [5.41, 5.74) is 2.02. The monoisotopic (exact) mass is 426 g/mol. The van der Waals surface area contributed by atoms with Crippen molar-refractivity contribution in [1.29, 1.82) is 0 Å². The molecule has 0 fully saturated rings. The lowest BCUT2D eigenvalue weighted by Gasteiger charge is -2.12. The van der Waals surface area contributed by atoms with E-state index in [0.717, 1.165) is 34.1 Å². The summed E-state index contributed by atoms with van der Waals surface area (Å²) in [5, 5.41) is 2.51. The number of fused-ring (bicyclic) bond motifs is 2. The number of rotatable bonds is 4. The fourth-order valence-corrected chi connectivity index (χ4v) is 4.69. The Hall–Kier alpha value is -3.49. The highest BCUT2D eigenvalue weighted by Crippen LogP contribution is 2.40. The van der Waals surface area contributed by atoms with Crippen molar-refractivity contribution in [2.45, 2.75) is 12.6 Å². The zero-order valence-corrected chi connectivity index (χ0v) is 17.5. The van der Waals surface area contributed by atoms with Gasteiger partial charge in [0.1, 0.15) is 0 Å². The molecule has 2 aliphatic heterocycles. The van der Waals surface area contributed by atoms with Gasteiger partial charge < -0.3 is 18.9 Å². The van der Waals surface area contributed by atoms with E-state index < -0.39 is 0 Å². The third-order valence-corrected chi connectivity index (χ3v) is 6.53. The van der Waals surface area contributed by atoms with Gasteiger partial charge in [0.25, 0.3) is 12.6 Å². The summed E-state index contributed by atoms with van der Waals surface area (Å²) < 4.78 is 23.6. The summed E-state index contributed by atoms with van der Waals surface area (Å²) in [6, 6.07) is 32.3. The number of hydrogen-bond donors (Lipinski definition) is 0. The molecule has 152 valence electrons. The highest BCUT2D eigenvalue weighted by atomic mass is 31.1. The van der Waals surface area contributed by atoms with Gasteiger partial charge in [0, 0.05) is 11.1 Å². The number of ether oxygens (including phenoxy) is 4. The molecule has 6 rings (SSSR count). The summed E-state index contributed by atoms with van der Waals surface area (Å²) in [7, 11) is 0.562. The van der Waals surface area contributed by atoms with Crippen LogP contribution >= 0.6 is 8.58 Å². The van der Waals surface area contributed by atoms with Crippen molar-refractivity contribution in [3.63, 3.8) is 0 Å². The Kier molecular flexibility index (Phi) is 4.51. The van der Waals surface area contributed by atoms with Crippen LogP contribution in [0.5, 0.6) is 23.0 Å². The van der Waals surface area contributed by atoms with Crippen LogP contribution in [0.1, 0.15) is 23.7 Å². The second-order valence-corrected chi connectivity index (χ2v) is 8.80. The van der Waals surface area contributed by atoms with Gasteiger partial charge in [-0.25, -0.2) is 0 Å². The van der Waals surface area contributed by atoms with E-state index in [-0.39, 0.29) is 12.6 Å². The average molecular weight is 426 g/mol. The molecule has 0 saturated carbocycles. The van der Waals surface area contributed by atoms with Crippen LogP contribution in [-0.2, 0) is 0 Å². The lowest BCUT2D eigenvalue weighted by molar-refractivity contribution is 0.0485. The molecule has 0 unspecified atom stereocenters. The second-order valence-electron chi connectivity index (χ2n) is 7.40. The first-order valence-electron chi connectivity index (χ1n) is 10.1. The minimum Gasteiger partial charge on any atom is -0.447 e. The van der Waals surface area contributed by atoms with Crippen LogP contribution in [0.15, 0.2) is 97.1 Å². The molecule has 0 atom stereocenters. The summed E-state index contributed by atoms with van der Waals surface area (Å²) in [6.07, 6.45) is -0.769. The van der Waals surface area contributed by atoms with Crippen molar-refractivity contribution in [2.24, 2.45) is 0 Å². The van der Waals surface area contributed by atoms with Crippen molar-refractivity contribution in [1.82, 2.24) is 0 Å². The highest BCUT2D eigenvalue weighted by molar-refractivity contribution is 7.55. The average Bonchev–Trinajstić information content (AvgIpc) is 3.44. The Morgan fingerprint density at radius 2 is 0.742 bits per heavy atom. The molecule has 0 radical (unpaired) electrons. The number of hydrogen-bond acceptors (Lipinski definition) is 4. The molecule has 0 bridgehead atoms. The maximum atomic E-state index is 5.89. The quantitative estimate of drug-likeness (QED) is 0.418. The second kappa shape index (κ2) is 7.64. The van der Waals surface area contributed by atoms with Gasteiger partial charge in [-0.05, 0) is 34.9 Å². The summed E-state index contributed by atoms with van der Waals surface area (Å²) >= 11 is 0. The van der Waals surface area contributed by atoms with Gasteiger partial charge >= 0.3 is 0 Å². The highest BCUT2D eigenvalue weighted by Gasteiger charge is 2.26. The number of benzene rings is 4. The molecule has 0 spiro atoms. The molecule has 0 N–H and O–H groups in total. The number of para-hydroxylation sites is 4. The van der Waals surface area contributed by atoms with Gasteiger partial charge in [-0.3, -0.25) is 0 Å². The molecule has 31 heavy (non-hydrogen) atoms. The van der Waals surface area contributed by atoms with Crippen LogP contribution in [0.4, 0.5) is 0 Å². The SMILES string of the molecule is c1ccc2c(c1)OC(c1ccc(Pc3ccc(C4Oc5ccccc5O4)cc3)cc1)O2. The summed E-state index contributed by atoms with van der Waals surface area (Å²) in [5.74, 6) is 3.16. The first kappa shape index (κ1) is 18.3. The summed E-state index contributed by atoms with van der Waals surface area (Å²) in [6.45, 7) is 0. The van der Waals surface area contributed by atoms with E-state index in [2.05, 4.69) is 48.5 Å². The molecule has 2 aliphatic rings. The Morgan fingerprint density at radius 1 is 0.419 bits per heavy atom. The zero-order chi connectivity index (χ0) is 20.6. The minimum absolute atomic E-state index is 0.385. The standard InChI is InChI=1S/C26H19O4P/c1-2-6-22-21(5-1)27-25(28-22)17-9-13-19(14-10-17)31-20-15-11-18(12-16-20)26-29-23-7-3-4-8-24(23)30-26/h1-16,25-26,31H. The van der Waals surface area contributed by atoms with E-state index in [0.29, 0.717) is 8.58 Å². The molecule has 0 aliphatic carbocycles. The van der Waals surface area contributed by atoms with E-state index >= 15 is 0 Å². The van der Waals surface area contributed by atoms with Crippen LogP contribution in [0.2, 0.25) is 0 Å². The van der Waals surface area contributed by atoms with Crippen LogP contribution in [0.25, 0.3) is 0 Å². The third kappa shape index (κ3) is 3.60. The lowest BCUT2D eigenvalue weighted by atomic mass is 10.2. The maximum absolute atomic E-state index is 5.89. The van der Waals surface area contributed by atoms with Gasteiger partial charge in [0.15, 0.2) is 23.0 Å². The maximum Gasteiger partial charge on any atom is 0.267 e. The first-order valence-corrected chi connectivity index (χ1v) is 11.1. The Morgan fingerprint density at radius 3 is 1.06 bits per heavy atom. The van der Waals surface area contributed by atoms with E-state index in [4.69, 9.17) is 18.9 Å². The van der Waals surface area contributed by atoms with Crippen LogP contribution in [-0.4, -0.2) is 0 Å². The van der Waals surface area contributed by atoms with Crippen LogP contribution < -0.4 is 29.6 Å². The van der Waals surface area contributed by atoms with Gasteiger partial charge in [-0.15, -0.1) is 0 Å². The minimum atomic E-state index is -0.385. The van der Waals surface area contributed by atoms with Gasteiger partial charge in [-0.1, -0.05) is 81.4 Å². The largest absolute Gasteiger partial charge is 0.447 e. The Balaban J connectivity index is 1.11. The van der Waals surface area contributed by atoms with E-state index in [1.54, 1.807) is 0 Å². The van der Waals surface area contributed by atoms with Crippen molar-refractivity contribution in [3.8, 4) is 23.0 Å². The molecule has 0 saturated heterocycles. The van der Waals surface area contributed by atoms with Crippen molar-refractivity contribution >= 4 is 19.2 Å². The van der Waals surface area contributed by atoms with E-state index in [1.165, 1.54) is 10.6 Å². The molecule has 0 amide bonds. The fourth-order valence-electron chi connectivity index (χ4n) is 3.69. The van der Waals surface area contributed by atoms with Gasteiger partial charge in [-0.2, -0.15) is 0 Å². The molecular formula is C26H19O4P. The zero-order valence-electron chi connectivity index (χ0n) is 16.5. The third-order valence-electron chi connectivity index (χ3n) is 5.29. The molecule has 2 heterocycles. The van der Waals surface area contributed by atoms with Gasteiger partial charge in [0.2, 0.25) is 0 Å². The van der Waals surface area contributed by atoms with Crippen LogP contribution in [0.3, 0.4) is 0 Å². The van der Waals surface area contributed by atoms with Crippen LogP contribution in [0, 0.1) is 0 Å².